The SMILES string of the molecule is N#[C][Fe-3]([C]#N)([C]#N)([C]#N)([C]#N)[C]#N.[Bi+3].[K+]. The molecule has 0 spiro atoms. The van der Waals surface area contributed by atoms with E-state index >= 15 is 0 Å². The Labute approximate surface area is 147 Å². The smallest absolute Gasteiger partial charge is 1.00 e. The van der Waals surface area contributed by atoms with Crippen molar-refractivity contribution in [2.75, 3.05) is 0 Å². The number of hydrogen-bond acceptors (Lipinski definition) is 6. The Bertz CT molecular complexity index is 397. The second-order valence-electron chi connectivity index (χ2n) is 1.80. The van der Waals surface area contributed by atoms with Crippen molar-refractivity contribution in [3.8, 4) is 29.8 Å². The first-order valence-corrected chi connectivity index (χ1v) is 5.71. The summed E-state index contributed by atoms with van der Waals surface area (Å²) in [6.45, 7) is 0. The quantitative estimate of drug-likeness (QED) is 0.347. The Morgan fingerprint density at radius 2 is 0.667 bits per heavy atom. The van der Waals surface area contributed by atoms with Crippen molar-refractivity contribution >= 4 is 26.2 Å². The summed E-state index contributed by atoms with van der Waals surface area (Å²) in [6, 6.07) is 0. The van der Waals surface area contributed by atoms with Crippen molar-refractivity contribution in [3.63, 3.8) is 0 Å². The third-order valence-electron chi connectivity index (χ3n) is 1.19. The van der Waals surface area contributed by atoms with Gasteiger partial charge < -0.3 is 0 Å². The van der Waals surface area contributed by atoms with E-state index in [1.165, 1.54) is 0 Å². The molecule has 0 aromatic carbocycles. The van der Waals surface area contributed by atoms with E-state index in [0.717, 1.165) is 29.8 Å². The first kappa shape index (κ1) is 20.4. The van der Waals surface area contributed by atoms with Gasteiger partial charge in [0.05, 0.1) is 0 Å². The minimum atomic E-state index is -6.17. The Morgan fingerprint density at radius 1 is 0.533 bits per heavy atom. The topological polar surface area (TPSA) is 143 Å². The minimum Gasteiger partial charge on any atom is 1.00 e. The number of hydrogen-bond donors (Lipinski definition) is 0. The molecular formula is C6BiFeKN6+. The summed E-state index contributed by atoms with van der Waals surface area (Å²) in [4.78, 5) is 6.19. The predicted octanol–water partition coefficient (Wildman–Crippen LogP) is -3.28. The molecule has 9 heteroatoms. The van der Waals surface area contributed by atoms with Crippen LogP contribution in [0.25, 0.3) is 0 Å². The van der Waals surface area contributed by atoms with Crippen molar-refractivity contribution in [3.05, 3.63) is 0 Å². The Kier molecular flexibility index (Phi) is 7.28. The molecule has 0 aliphatic rings. The fraction of sp³-hybridized carbons (Fsp3) is 0. The molecule has 0 saturated heterocycles. The van der Waals surface area contributed by atoms with Crippen LogP contribution in [-0.2, 0) is 10.7 Å². The van der Waals surface area contributed by atoms with Gasteiger partial charge in [0.2, 0.25) is 0 Å². The average Bonchev–Trinajstić information content (AvgIpc) is 2.26. The maximum Gasteiger partial charge on any atom is 3.00 e. The standard InChI is InChI=1S/6CN.Bi.Fe.K/c6*1-2;;;/q;;;;;;+3;-3;+1. The fourth-order valence-corrected chi connectivity index (χ4v) is 1.09. The average molecular weight is 460 g/mol. The van der Waals surface area contributed by atoms with E-state index in [9.17, 15) is 0 Å². The van der Waals surface area contributed by atoms with Crippen molar-refractivity contribution in [2.45, 2.75) is 0 Å². The molecule has 0 unspecified atom stereocenters. The van der Waals surface area contributed by atoms with Crippen LogP contribution in [0.5, 0.6) is 0 Å². The van der Waals surface area contributed by atoms with E-state index in [1.54, 1.807) is 0 Å². The monoisotopic (exact) mass is 460 g/mol. The molecule has 0 amide bonds. The minimum absolute atomic E-state index is 0. The molecule has 0 atom stereocenters. The predicted molar refractivity (Wildman–Crippen MR) is 39.4 cm³/mol. The largest absolute Gasteiger partial charge is 3.00 e. The summed E-state index contributed by atoms with van der Waals surface area (Å²) in [5, 5.41) is 51.5. The van der Waals surface area contributed by atoms with Crippen LogP contribution in [0.4, 0.5) is 0 Å². The molecule has 2 radical (unpaired) electrons. The van der Waals surface area contributed by atoms with Crippen LogP contribution >= 0.6 is 0 Å². The Balaban J connectivity index is -0.000000720. The maximum atomic E-state index is 8.58. The number of rotatable bonds is 0. The molecule has 0 aliphatic heterocycles. The van der Waals surface area contributed by atoms with Gasteiger partial charge in [-0.05, 0) is 0 Å². The number of nitriles is 6. The zero-order valence-corrected chi connectivity index (χ0v) is 15.2. The van der Waals surface area contributed by atoms with E-state index in [1.807, 2.05) is 0 Å². The van der Waals surface area contributed by atoms with Crippen molar-refractivity contribution in [1.82, 2.24) is 0 Å². The van der Waals surface area contributed by atoms with Crippen molar-refractivity contribution in [1.29, 1.82) is 31.6 Å². The van der Waals surface area contributed by atoms with E-state index in [2.05, 4.69) is 0 Å². The molecule has 15 heavy (non-hydrogen) atoms. The summed E-state index contributed by atoms with van der Waals surface area (Å²) < 4.78 is 0. The summed E-state index contributed by atoms with van der Waals surface area (Å²) in [6.07, 6.45) is 0. The zero-order valence-electron chi connectivity index (χ0n) is 7.48. The molecule has 67 valence electrons. The van der Waals surface area contributed by atoms with E-state index in [4.69, 9.17) is 31.6 Å². The Hall–Kier alpha value is -0.0210. The van der Waals surface area contributed by atoms with Gasteiger partial charge in [0.15, 0.2) is 0 Å². The summed E-state index contributed by atoms with van der Waals surface area (Å²) >= 11 is 0. The molecule has 0 aromatic heterocycles. The molecule has 0 bridgehead atoms. The molecule has 0 aromatic rings. The van der Waals surface area contributed by atoms with Gasteiger partial charge in [-0.1, -0.05) is 0 Å². The van der Waals surface area contributed by atoms with Gasteiger partial charge in [-0.3, -0.25) is 0 Å². The van der Waals surface area contributed by atoms with Crippen LogP contribution < -0.4 is 51.4 Å². The molecule has 0 rings (SSSR count). The van der Waals surface area contributed by atoms with Gasteiger partial charge in [0.1, 0.15) is 0 Å². The third-order valence-corrected chi connectivity index (χ3v) is 4.89. The van der Waals surface area contributed by atoms with Crippen molar-refractivity contribution in [2.24, 2.45) is 0 Å². The zero-order chi connectivity index (χ0) is 10.7. The van der Waals surface area contributed by atoms with E-state index in [-0.39, 0.29) is 77.6 Å². The maximum absolute atomic E-state index is 8.58. The van der Waals surface area contributed by atoms with Gasteiger partial charge in [0.25, 0.3) is 0 Å². The molecule has 0 fully saturated rings. The first-order chi connectivity index (χ1) is 5.97. The fourth-order valence-electron chi connectivity index (χ4n) is 0.265. The summed E-state index contributed by atoms with van der Waals surface area (Å²) in [7, 11) is -6.17. The molecular weight excluding hydrogens is 460 g/mol. The number of nitrogens with zero attached hydrogens (tertiary/aromatic N) is 6. The van der Waals surface area contributed by atoms with Crippen LogP contribution in [0.2, 0.25) is 0 Å². The van der Waals surface area contributed by atoms with Gasteiger partial charge in [0, 0.05) is 0 Å². The summed E-state index contributed by atoms with van der Waals surface area (Å²) in [5.74, 6) is 0. The first-order valence-electron chi connectivity index (χ1n) is 2.40. The van der Waals surface area contributed by atoms with Gasteiger partial charge in [-0.2, -0.15) is 0 Å². The molecule has 0 aliphatic carbocycles. The van der Waals surface area contributed by atoms with Crippen LogP contribution in [-0.4, -0.2) is 26.2 Å². The third kappa shape index (κ3) is 2.23. The molecule has 0 heterocycles. The van der Waals surface area contributed by atoms with Gasteiger partial charge in [-0.25, -0.2) is 0 Å². The summed E-state index contributed by atoms with van der Waals surface area (Å²) in [5.41, 5.74) is 0. The molecule has 0 saturated carbocycles. The second-order valence-corrected chi connectivity index (χ2v) is 7.42. The van der Waals surface area contributed by atoms with E-state index < -0.39 is 10.7 Å². The Morgan fingerprint density at radius 3 is 0.667 bits per heavy atom. The molecule has 0 N–H and O–H groups in total. The molecule has 6 nitrogen and oxygen atoms in total. The van der Waals surface area contributed by atoms with Crippen LogP contribution in [0.15, 0.2) is 0 Å². The van der Waals surface area contributed by atoms with E-state index in [0.29, 0.717) is 0 Å². The van der Waals surface area contributed by atoms with Crippen LogP contribution in [0.3, 0.4) is 0 Å². The normalized spacial score (nSPS) is 11.6. The van der Waals surface area contributed by atoms with Gasteiger partial charge >= 0.3 is 150 Å². The van der Waals surface area contributed by atoms with Crippen molar-refractivity contribution < 1.29 is 62.1 Å². The second kappa shape index (κ2) is 5.35. The van der Waals surface area contributed by atoms with Crippen LogP contribution in [0.1, 0.15) is 0 Å². The van der Waals surface area contributed by atoms with Gasteiger partial charge in [-0.15, -0.1) is 0 Å². The van der Waals surface area contributed by atoms with Crippen LogP contribution in [0, 0.1) is 61.4 Å².